The molecule has 1 N–H and O–H groups in total. The number of aromatic nitrogens is 2. The molecule has 1 aromatic heterocycles. The van der Waals surface area contributed by atoms with Gasteiger partial charge in [-0.2, -0.15) is 13.2 Å². The number of carboxylic acid groups (broad SMARTS) is 1. The van der Waals surface area contributed by atoms with E-state index < -0.39 is 34.1 Å². The molecule has 2 rings (SSSR count). The summed E-state index contributed by atoms with van der Waals surface area (Å²) in [6.07, 6.45) is -3.90. The Hall–Kier alpha value is -2.52. The molecule has 2 aromatic rings. The molecule has 0 aliphatic heterocycles. The molecule has 0 amide bonds. The molecule has 0 unspecified atom stereocenters. The van der Waals surface area contributed by atoms with Crippen molar-refractivity contribution in [3.63, 3.8) is 0 Å². The van der Waals surface area contributed by atoms with Crippen LogP contribution in [0.4, 0.5) is 13.2 Å². The van der Waals surface area contributed by atoms with Gasteiger partial charge in [-0.25, -0.2) is 14.2 Å². The molecule has 1 aromatic carbocycles. The fourth-order valence-corrected chi connectivity index (χ4v) is 2.40. The van der Waals surface area contributed by atoms with E-state index in [0.29, 0.717) is 4.57 Å². The third-order valence-corrected chi connectivity index (χ3v) is 3.95. The van der Waals surface area contributed by atoms with E-state index in [1.807, 2.05) is 0 Å². The van der Waals surface area contributed by atoms with Gasteiger partial charge in [0.2, 0.25) is 0 Å². The fourth-order valence-electron chi connectivity index (χ4n) is 2.11. The molecule has 0 saturated carbocycles. The van der Waals surface area contributed by atoms with Gasteiger partial charge in [-0.15, -0.1) is 0 Å². The van der Waals surface area contributed by atoms with Gasteiger partial charge in [-0.05, 0) is 29.8 Å². The highest BCUT2D eigenvalue weighted by Crippen LogP contribution is 2.27. The van der Waals surface area contributed by atoms with Gasteiger partial charge in [-0.3, -0.25) is 9.36 Å². The van der Waals surface area contributed by atoms with Crippen LogP contribution in [0.5, 0.6) is 0 Å². The lowest BCUT2D eigenvalue weighted by Gasteiger charge is -2.14. The van der Waals surface area contributed by atoms with Crippen LogP contribution in [0.25, 0.3) is 11.8 Å². The number of nitrogens with zero attached hydrogens (tertiary/aromatic N) is 2. The van der Waals surface area contributed by atoms with E-state index in [1.54, 1.807) is 0 Å². The Balaban J connectivity index is 2.73. The third kappa shape index (κ3) is 3.83. The molecule has 0 bridgehead atoms. The Morgan fingerprint density at radius 2 is 1.85 bits per heavy atom. The molecule has 0 radical (unpaired) electrons. The molecule has 11 heteroatoms. The summed E-state index contributed by atoms with van der Waals surface area (Å²) in [7, 11) is 0.874. The maximum absolute atomic E-state index is 12.9. The van der Waals surface area contributed by atoms with Gasteiger partial charge < -0.3 is 5.11 Å². The summed E-state index contributed by atoms with van der Waals surface area (Å²) >= 11 is 11.4. The lowest BCUT2D eigenvalue weighted by molar-refractivity contribution is -0.144. The summed E-state index contributed by atoms with van der Waals surface area (Å²) in [5, 5.41) is 8.27. The fraction of sp³-hybridized carbons (Fsp3) is 0.133. The van der Waals surface area contributed by atoms with Gasteiger partial charge in [0.15, 0.2) is 0 Å². The highest BCUT2D eigenvalue weighted by molar-refractivity contribution is 6.43. The molecular formula is C15H9Cl2F3N2O4. The second kappa shape index (κ2) is 7.00. The Bertz CT molecular complexity index is 1040. The van der Waals surface area contributed by atoms with Crippen LogP contribution in [-0.4, -0.2) is 20.2 Å². The Morgan fingerprint density at radius 1 is 1.23 bits per heavy atom. The second-order valence-corrected chi connectivity index (χ2v) is 5.86. The molecule has 0 saturated heterocycles. The first kappa shape index (κ1) is 19.8. The summed E-state index contributed by atoms with van der Waals surface area (Å²) in [5.41, 5.74) is -3.87. The van der Waals surface area contributed by atoms with Crippen LogP contribution in [0.2, 0.25) is 5.02 Å². The Labute approximate surface area is 153 Å². The van der Waals surface area contributed by atoms with Crippen molar-refractivity contribution in [1.29, 1.82) is 0 Å². The molecule has 26 heavy (non-hydrogen) atoms. The van der Waals surface area contributed by atoms with Crippen molar-refractivity contribution in [3.05, 3.63) is 66.4 Å². The van der Waals surface area contributed by atoms with Crippen LogP contribution in [-0.2, 0) is 18.0 Å². The highest BCUT2D eigenvalue weighted by atomic mass is 35.5. The minimum atomic E-state index is -4.88. The van der Waals surface area contributed by atoms with Crippen LogP contribution in [0.3, 0.4) is 0 Å². The summed E-state index contributed by atoms with van der Waals surface area (Å²) in [4.78, 5) is 35.1. The third-order valence-electron chi connectivity index (χ3n) is 3.33. The smallest absolute Gasteiger partial charge is 0.431 e. The lowest BCUT2D eigenvalue weighted by atomic mass is 10.1. The average molecular weight is 409 g/mol. The van der Waals surface area contributed by atoms with Gasteiger partial charge >= 0.3 is 17.8 Å². The monoisotopic (exact) mass is 408 g/mol. The number of carbonyl (C=O) groups is 1. The van der Waals surface area contributed by atoms with Crippen LogP contribution >= 0.6 is 23.2 Å². The Kier molecular flexibility index (Phi) is 5.33. The maximum atomic E-state index is 12.9. The van der Waals surface area contributed by atoms with Crippen molar-refractivity contribution in [2.45, 2.75) is 6.18 Å². The molecule has 0 spiro atoms. The van der Waals surface area contributed by atoms with Crippen molar-refractivity contribution in [3.8, 4) is 5.69 Å². The first-order chi connectivity index (χ1) is 11.9. The second-order valence-electron chi connectivity index (χ2n) is 5.05. The lowest BCUT2D eigenvalue weighted by Crippen LogP contribution is -2.40. The molecule has 0 atom stereocenters. The molecule has 0 aliphatic carbocycles. The van der Waals surface area contributed by atoms with Crippen molar-refractivity contribution in [2.75, 3.05) is 0 Å². The Morgan fingerprint density at radius 3 is 2.38 bits per heavy atom. The van der Waals surface area contributed by atoms with Crippen molar-refractivity contribution in [1.82, 2.24) is 9.13 Å². The zero-order chi connectivity index (χ0) is 19.8. The van der Waals surface area contributed by atoms with Crippen LogP contribution < -0.4 is 11.2 Å². The van der Waals surface area contributed by atoms with E-state index in [2.05, 4.69) is 0 Å². The van der Waals surface area contributed by atoms with Gasteiger partial charge in [0.1, 0.15) is 10.7 Å². The van der Waals surface area contributed by atoms with E-state index in [4.69, 9.17) is 28.3 Å². The highest BCUT2D eigenvalue weighted by Gasteiger charge is 2.35. The summed E-state index contributed by atoms with van der Waals surface area (Å²) in [6, 6.07) is 3.92. The number of aliphatic carboxylic acids is 1. The predicted molar refractivity (Wildman–Crippen MR) is 88.8 cm³/mol. The number of carboxylic acids is 1. The first-order valence-electron chi connectivity index (χ1n) is 6.74. The largest absolute Gasteiger partial charge is 0.477 e. The molecule has 0 aliphatic rings. The zero-order valence-electron chi connectivity index (χ0n) is 12.8. The van der Waals surface area contributed by atoms with Gasteiger partial charge in [-0.1, -0.05) is 23.2 Å². The zero-order valence-corrected chi connectivity index (χ0v) is 14.4. The number of rotatable bonds is 3. The molecular weight excluding hydrogens is 400 g/mol. The first-order valence-corrected chi connectivity index (χ1v) is 7.49. The van der Waals surface area contributed by atoms with Gasteiger partial charge in [0.05, 0.1) is 5.69 Å². The van der Waals surface area contributed by atoms with Crippen LogP contribution in [0, 0.1) is 0 Å². The SMILES string of the molecule is Cn1c(C(F)(F)F)cc(=O)n(-c2ccc(Cl)c(C=C(Cl)C(=O)O)c2)c1=O. The van der Waals surface area contributed by atoms with Gasteiger partial charge in [0.25, 0.3) is 5.56 Å². The predicted octanol–water partition coefficient (Wildman–Crippen LogP) is 2.87. The standard InChI is InChI=1S/C15H9Cl2F3N2O4/c1-21-11(15(18,19)20)6-12(23)22(14(21)26)8-2-3-9(16)7(4-8)5-10(17)13(24)25/h2-6H,1H3,(H,24,25). The van der Waals surface area contributed by atoms with Crippen molar-refractivity contribution >= 4 is 35.2 Å². The molecule has 0 fully saturated rings. The molecule has 6 nitrogen and oxygen atoms in total. The summed E-state index contributed by atoms with van der Waals surface area (Å²) < 4.78 is 39.4. The topological polar surface area (TPSA) is 81.3 Å². The number of halogens is 5. The van der Waals surface area contributed by atoms with Crippen LogP contribution in [0.15, 0.2) is 38.9 Å². The average Bonchev–Trinajstić information content (AvgIpc) is 2.52. The maximum Gasteiger partial charge on any atom is 0.431 e. The number of alkyl halides is 3. The van der Waals surface area contributed by atoms with E-state index in [9.17, 15) is 27.6 Å². The summed E-state index contributed by atoms with van der Waals surface area (Å²) in [5.74, 6) is -1.43. The van der Waals surface area contributed by atoms with E-state index in [0.717, 1.165) is 19.2 Å². The summed E-state index contributed by atoms with van der Waals surface area (Å²) in [6.45, 7) is 0. The minimum absolute atomic E-state index is 0.0601. The normalized spacial score (nSPS) is 12.3. The van der Waals surface area contributed by atoms with E-state index in [-0.39, 0.29) is 26.9 Å². The number of hydrogen-bond donors (Lipinski definition) is 1. The van der Waals surface area contributed by atoms with Gasteiger partial charge in [0, 0.05) is 18.1 Å². The molecule has 138 valence electrons. The van der Waals surface area contributed by atoms with Crippen LogP contribution in [0.1, 0.15) is 11.3 Å². The van der Waals surface area contributed by atoms with E-state index in [1.165, 1.54) is 12.1 Å². The number of hydrogen-bond acceptors (Lipinski definition) is 3. The van der Waals surface area contributed by atoms with E-state index >= 15 is 0 Å². The minimum Gasteiger partial charge on any atom is -0.477 e. The van der Waals surface area contributed by atoms with Crippen molar-refractivity contribution < 1.29 is 23.1 Å². The van der Waals surface area contributed by atoms with Crippen molar-refractivity contribution in [2.24, 2.45) is 7.05 Å². The quantitative estimate of drug-likeness (QED) is 0.791. The number of benzene rings is 1. The molecule has 1 heterocycles.